The van der Waals surface area contributed by atoms with Crippen molar-refractivity contribution >= 4 is 0 Å². The van der Waals surface area contributed by atoms with Crippen molar-refractivity contribution in [2.75, 3.05) is 6.61 Å². The van der Waals surface area contributed by atoms with Crippen molar-refractivity contribution in [1.29, 1.82) is 0 Å². The van der Waals surface area contributed by atoms with Crippen molar-refractivity contribution in [3.63, 3.8) is 0 Å². The van der Waals surface area contributed by atoms with E-state index in [1.165, 1.54) is 5.56 Å². The Bertz CT molecular complexity index is 349. The number of hydrogen-bond donors (Lipinski definition) is 1. The van der Waals surface area contributed by atoms with Crippen LogP contribution in [0.15, 0.2) is 24.3 Å². The van der Waals surface area contributed by atoms with Gasteiger partial charge >= 0.3 is 0 Å². The molecule has 0 aliphatic rings. The van der Waals surface area contributed by atoms with Gasteiger partial charge in [0.25, 0.3) is 0 Å². The van der Waals surface area contributed by atoms with Crippen LogP contribution in [0.5, 0.6) is 5.75 Å². The van der Waals surface area contributed by atoms with Gasteiger partial charge in [-0.25, -0.2) is 0 Å². The van der Waals surface area contributed by atoms with Crippen LogP contribution in [0.1, 0.15) is 52.5 Å². The summed E-state index contributed by atoms with van der Waals surface area (Å²) in [7, 11) is 0. The predicted molar refractivity (Wildman–Crippen MR) is 78.4 cm³/mol. The fourth-order valence-electron chi connectivity index (χ4n) is 2.14. The van der Waals surface area contributed by atoms with Crippen LogP contribution in [-0.4, -0.2) is 18.7 Å². The molecule has 18 heavy (non-hydrogen) atoms. The number of para-hydroxylation sites is 1. The van der Waals surface area contributed by atoms with Crippen molar-refractivity contribution in [2.45, 2.75) is 59.0 Å². The van der Waals surface area contributed by atoms with Gasteiger partial charge in [0.2, 0.25) is 0 Å². The topological polar surface area (TPSA) is 21.3 Å². The molecule has 1 N–H and O–H groups in total. The highest BCUT2D eigenvalue weighted by Crippen LogP contribution is 2.28. The van der Waals surface area contributed by atoms with Gasteiger partial charge in [-0.05, 0) is 30.9 Å². The summed E-state index contributed by atoms with van der Waals surface area (Å²) in [4.78, 5) is 0. The molecule has 0 aromatic heterocycles. The second-order valence-electron chi connectivity index (χ2n) is 5.29. The number of ether oxygens (including phenoxy) is 1. The molecule has 0 amide bonds. The van der Waals surface area contributed by atoms with Crippen molar-refractivity contribution in [3.05, 3.63) is 29.8 Å². The number of nitrogens with one attached hydrogen (secondary N) is 1. The lowest BCUT2D eigenvalue weighted by Gasteiger charge is -2.25. The second-order valence-corrected chi connectivity index (χ2v) is 5.29. The van der Waals surface area contributed by atoms with Crippen LogP contribution in [0.2, 0.25) is 0 Å². The largest absolute Gasteiger partial charge is 0.493 e. The molecule has 1 rings (SSSR count). The summed E-state index contributed by atoms with van der Waals surface area (Å²) in [6.07, 6.45) is 1.04. The fourth-order valence-corrected chi connectivity index (χ4v) is 2.14. The quantitative estimate of drug-likeness (QED) is 0.789. The molecule has 102 valence electrons. The molecule has 0 saturated carbocycles. The summed E-state index contributed by atoms with van der Waals surface area (Å²) >= 11 is 0. The summed E-state index contributed by atoms with van der Waals surface area (Å²) in [5, 5.41) is 3.57. The van der Waals surface area contributed by atoms with E-state index in [1.54, 1.807) is 0 Å². The minimum Gasteiger partial charge on any atom is -0.493 e. The van der Waals surface area contributed by atoms with E-state index in [1.807, 2.05) is 6.07 Å². The second kappa shape index (κ2) is 7.42. The maximum Gasteiger partial charge on any atom is 0.122 e. The van der Waals surface area contributed by atoms with Crippen LogP contribution in [0.4, 0.5) is 0 Å². The van der Waals surface area contributed by atoms with E-state index >= 15 is 0 Å². The van der Waals surface area contributed by atoms with E-state index in [4.69, 9.17) is 4.74 Å². The number of rotatable bonds is 7. The Kier molecular flexibility index (Phi) is 6.20. The maximum absolute atomic E-state index is 5.83. The first-order valence-electron chi connectivity index (χ1n) is 7.04. The third kappa shape index (κ3) is 4.34. The number of hydrogen-bond acceptors (Lipinski definition) is 2. The van der Waals surface area contributed by atoms with Crippen LogP contribution in [-0.2, 0) is 0 Å². The van der Waals surface area contributed by atoms with Gasteiger partial charge in [-0.3, -0.25) is 0 Å². The van der Waals surface area contributed by atoms with Crippen molar-refractivity contribution in [1.82, 2.24) is 5.32 Å². The summed E-state index contributed by atoms with van der Waals surface area (Å²) < 4.78 is 5.83. The molecule has 0 fully saturated rings. The highest BCUT2D eigenvalue weighted by molar-refractivity contribution is 5.36. The van der Waals surface area contributed by atoms with Crippen LogP contribution in [0.25, 0.3) is 0 Å². The Morgan fingerprint density at radius 1 is 1.11 bits per heavy atom. The van der Waals surface area contributed by atoms with Crippen LogP contribution < -0.4 is 10.1 Å². The first-order valence-corrected chi connectivity index (χ1v) is 7.04. The minimum atomic E-state index is 0.441. The van der Waals surface area contributed by atoms with E-state index in [0.717, 1.165) is 18.8 Å². The SMILES string of the molecule is CCCOc1ccccc1C(C)C(C)NC(C)C. The Balaban J connectivity index is 2.80. The van der Waals surface area contributed by atoms with Crippen molar-refractivity contribution < 1.29 is 4.74 Å². The molecule has 0 aliphatic heterocycles. The van der Waals surface area contributed by atoms with Gasteiger partial charge in [-0.2, -0.15) is 0 Å². The first kappa shape index (κ1) is 15.0. The molecule has 0 saturated heterocycles. The predicted octanol–water partition coefficient (Wildman–Crippen LogP) is 3.97. The first-order chi connectivity index (χ1) is 8.56. The molecule has 0 heterocycles. The van der Waals surface area contributed by atoms with Gasteiger partial charge in [-0.1, -0.05) is 45.9 Å². The molecule has 0 aliphatic carbocycles. The highest BCUT2D eigenvalue weighted by atomic mass is 16.5. The highest BCUT2D eigenvalue weighted by Gasteiger charge is 2.18. The van der Waals surface area contributed by atoms with Gasteiger partial charge in [0.1, 0.15) is 5.75 Å². The molecular formula is C16H27NO. The Hall–Kier alpha value is -1.02. The van der Waals surface area contributed by atoms with Crippen LogP contribution in [0, 0.1) is 0 Å². The molecule has 1 aromatic rings. The molecule has 0 bridgehead atoms. The smallest absolute Gasteiger partial charge is 0.122 e. The third-order valence-corrected chi connectivity index (χ3v) is 3.22. The zero-order chi connectivity index (χ0) is 13.5. The lowest BCUT2D eigenvalue weighted by molar-refractivity contribution is 0.309. The van der Waals surface area contributed by atoms with Gasteiger partial charge in [0.05, 0.1) is 6.61 Å². The van der Waals surface area contributed by atoms with E-state index in [2.05, 4.69) is 58.1 Å². The van der Waals surface area contributed by atoms with E-state index in [0.29, 0.717) is 18.0 Å². The lowest BCUT2D eigenvalue weighted by atomic mass is 9.93. The van der Waals surface area contributed by atoms with E-state index in [-0.39, 0.29) is 0 Å². The van der Waals surface area contributed by atoms with E-state index in [9.17, 15) is 0 Å². The van der Waals surface area contributed by atoms with Crippen molar-refractivity contribution in [3.8, 4) is 5.75 Å². The average molecular weight is 249 g/mol. The Labute approximate surface area is 112 Å². The lowest BCUT2D eigenvalue weighted by Crippen LogP contribution is -2.36. The standard InChI is InChI=1S/C16H27NO/c1-6-11-18-16-10-8-7-9-15(16)13(4)14(5)17-12(2)3/h7-10,12-14,17H,6,11H2,1-5H3. The summed E-state index contributed by atoms with van der Waals surface area (Å²) in [5.41, 5.74) is 1.30. The van der Waals surface area contributed by atoms with Crippen LogP contribution in [0.3, 0.4) is 0 Å². The van der Waals surface area contributed by atoms with Gasteiger partial charge < -0.3 is 10.1 Å². The Morgan fingerprint density at radius 2 is 1.78 bits per heavy atom. The fraction of sp³-hybridized carbons (Fsp3) is 0.625. The van der Waals surface area contributed by atoms with Gasteiger partial charge in [0, 0.05) is 12.1 Å². The minimum absolute atomic E-state index is 0.441. The number of benzene rings is 1. The normalized spacial score (nSPS) is 14.6. The molecule has 2 nitrogen and oxygen atoms in total. The average Bonchev–Trinajstić information content (AvgIpc) is 2.35. The van der Waals surface area contributed by atoms with Gasteiger partial charge in [-0.15, -0.1) is 0 Å². The maximum atomic E-state index is 5.83. The summed E-state index contributed by atoms with van der Waals surface area (Å²) in [5.74, 6) is 1.48. The molecule has 2 unspecified atom stereocenters. The van der Waals surface area contributed by atoms with E-state index < -0.39 is 0 Å². The van der Waals surface area contributed by atoms with Crippen LogP contribution >= 0.6 is 0 Å². The molecule has 2 atom stereocenters. The Morgan fingerprint density at radius 3 is 2.39 bits per heavy atom. The monoisotopic (exact) mass is 249 g/mol. The van der Waals surface area contributed by atoms with Gasteiger partial charge in [0.15, 0.2) is 0 Å². The molecular weight excluding hydrogens is 222 g/mol. The van der Waals surface area contributed by atoms with Crippen molar-refractivity contribution in [2.24, 2.45) is 0 Å². The zero-order valence-corrected chi connectivity index (χ0v) is 12.4. The summed E-state index contributed by atoms with van der Waals surface area (Å²) in [6, 6.07) is 9.33. The summed E-state index contributed by atoms with van der Waals surface area (Å²) in [6.45, 7) is 11.8. The molecule has 1 aromatic carbocycles. The molecule has 0 radical (unpaired) electrons. The zero-order valence-electron chi connectivity index (χ0n) is 12.4. The molecule has 2 heteroatoms. The third-order valence-electron chi connectivity index (χ3n) is 3.22. The molecule has 0 spiro atoms.